The Balaban J connectivity index is 2.89. The number of Topliss-reactive ketones (excluding diaryl/α,β-unsaturated/α-hetero) is 1. The van der Waals surface area contributed by atoms with E-state index in [-0.39, 0.29) is 18.6 Å². The van der Waals surface area contributed by atoms with Crippen LogP contribution in [0.2, 0.25) is 0 Å². The van der Waals surface area contributed by atoms with Gasteiger partial charge in [0.1, 0.15) is 6.29 Å². The third-order valence-electron chi connectivity index (χ3n) is 2.04. The molecule has 1 aromatic rings. The van der Waals surface area contributed by atoms with Crippen LogP contribution in [0.5, 0.6) is 11.6 Å². The minimum absolute atomic E-state index is 0.138. The molecule has 1 heterocycles. The van der Waals surface area contributed by atoms with Crippen molar-refractivity contribution in [3.8, 4) is 11.6 Å². The predicted octanol–water partition coefficient (Wildman–Crippen LogP) is 1.26. The van der Waals surface area contributed by atoms with E-state index in [1.165, 1.54) is 20.4 Å². The van der Waals surface area contributed by atoms with Crippen LogP contribution in [0.15, 0.2) is 12.3 Å². The second-order valence-corrected chi connectivity index (χ2v) is 3.06. The van der Waals surface area contributed by atoms with Gasteiger partial charge in [-0.15, -0.1) is 0 Å². The first-order valence-electron chi connectivity index (χ1n) is 4.77. The second kappa shape index (κ2) is 5.85. The zero-order valence-electron chi connectivity index (χ0n) is 9.23. The highest BCUT2D eigenvalue weighted by Gasteiger charge is 2.11. The summed E-state index contributed by atoms with van der Waals surface area (Å²) in [6.45, 7) is 0. The van der Waals surface area contributed by atoms with Crippen molar-refractivity contribution in [2.45, 2.75) is 12.8 Å². The molecule has 0 unspecified atom stereocenters. The van der Waals surface area contributed by atoms with E-state index >= 15 is 0 Å². The lowest BCUT2D eigenvalue weighted by Crippen LogP contribution is -2.02. The number of hydrogen-bond donors (Lipinski definition) is 0. The van der Waals surface area contributed by atoms with Gasteiger partial charge in [-0.3, -0.25) is 4.79 Å². The number of aromatic nitrogens is 1. The molecule has 0 aliphatic heterocycles. The Hall–Kier alpha value is -1.91. The lowest BCUT2D eigenvalue weighted by molar-refractivity contribution is -0.107. The normalized spacial score (nSPS) is 9.62. The fourth-order valence-corrected chi connectivity index (χ4v) is 1.22. The predicted molar refractivity (Wildman–Crippen MR) is 57.0 cm³/mol. The standard InChI is InChI=1S/C11H13NO4/c1-15-10-6-8(7-12-11(10)16-2)9(14)4-3-5-13/h5-7H,3-4H2,1-2H3. The number of rotatable bonds is 6. The summed E-state index contributed by atoms with van der Waals surface area (Å²) in [4.78, 5) is 25.7. The molecule has 0 spiro atoms. The van der Waals surface area contributed by atoms with Crippen molar-refractivity contribution in [3.63, 3.8) is 0 Å². The average Bonchev–Trinajstić information content (AvgIpc) is 2.34. The van der Waals surface area contributed by atoms with Gasteiger partial charge in [0, 0.05) is 24.6 Å². The van der Waals surface area contributed by atoms with Crippen LogP contribution in [0.25, 0.3) is 0 Å². The summed E-state index contributed by atoms with van der Waals surface area (Å²) >= 11 is 0. The molecule has 5 nitrogen and oxygen atoms in total. The number of aldehydes is 1. The van der Waals surface area contributed by atoms with E-state index in [2.05, 4.69) is 4.98 Å². The van der Waals surface area contributed by atoms with Gasteiger partial charge in [-0.1, -0.05) is 0 Å². The van der Waals surface area contributed by atoms with Gasteiger partial charge >= 0.3 is 0 Å². The number of pyridine rings is 1. The zero-order chi connectivity index (χ0) is 12.0. The summed E-state index contributed by atoms with van der Waals surface area (Å²) < 4.78 is 9.97. The third-order valence-corrected chi connectivity index (χ3v) is 2.04. The highest BCUT2D eigenvalue weighted by molar-refractivity contribution is 5.97. The maximum atomic E-state index is 11.6. The number of carbonyl (C=O) groups excluding carboxylic acids is 2. The fraction of sp³-hybridized carbons (Fsp3) is 0.364. The van der Waals surface area contributed by atoms with Crippen LogP contribution in [0, 0.1) is 0 Å². The Morgan fingerprint density at radius 1 is 1.44 bits per heavy atom. The van der Waals surface area contributed by atoms with Crippen molar-refractivity contribution < 1.29 is 19.1 Å². The number of carbonyl (C=O) groups is 2. The Morgan fingerprint density at radius 3 is 2.75 bits per heavy atom. The molecule has 0 saturated carbocycles. The molecule has 0 saturated heterocycles. The van der Waals surface area contributed by atoms with Crippen molar-refractivity contribution in [2.75, 3.05) is 14.2 Å². The quantitative estimate of drug-likeness (QED) is 0.536. The molecule has 1 rings (SSSR count). The van der Waals surface area contributed by atoms with Gasteiger partial charge in [0.2, 0.25) is 0 Å². The first-order valence-corrected chi connectivity index (χ1v) is 4.77. The zero-order valence-corrected chi connectivity index (χ0v) is 9.23. The van der Waals surface area contributed by atoms with Crippen molar-refractivity contribution >= 4 is 12.1 Å². The van der Waals surface area contributed by atoms with E-state index in [0.29, 0.717) is 23.5 Å². The molecular formula is C11H13NO4. The van der Waals surface area contributed by atoms with E-state index in [9.17, 15) is 9.59 Å². The molecule has 0 aliphatic rings. The van der Waals surface area contributed by atoms with Crippen LogP contribution in [-0.4, -0.2) is 31.3 Å². The molecule has 0 aliphatic carbocycles. The molecule has 16 heavy (non-hydrogen) atoms. The fourth-order valence-electron chi connectivity index (χ4n) is 1.22. The Kier molecular flexibility index (Phi) is 4.44. The molecule has 0 fully saturated rings. The molecule has 0 aromatic carbocycles. The van der Waals surface area contributed by atoms with Gasteiger partial charge in [-0.05, 0) is 6.07 Å². The number of methoxy groups -OCH3 is 2. The second-order valence-electron chi connectivity index (χ2n) is 3.06. The van der Waals surface area contributed by atoms with Crippen molar-refractivity contribution in [1.82, 2.24) is 4.98 Å². The Bertz CT molecular complexity index is 390. The SMILES string of the molecule is COc1cc(C(=O)CCC=O)cnc1OC. The van der Waals surface area contributed by atoms with Gasteiger partial charge < -0.3 is 14.3 Å². The van der Waals surface area contributed by atoms with Crippen LogP contribution in [0.1, 0.15) is 23.2 Å². The number of ketones is 1. The van der Waals surface area contributed by atoms with Crippen LogP contribution >= 0.6 is 0 Å². The Morgan fingerprint density at radius 2 is 2.19 bits per heavy atom. The summed E-state index contributed by atoms with van der Waals surface area (Å²) in [6, 6.07) is 1.55. The minimum Gasteiger partial charge on any atom is -0.491 e. The van der Waals surface area contributed by atoms with Gasteiger partial charge in [-0.2, -0.15) is 0 Å². The van der Waals surface area contributed by atoms with Gasteiger partial charge in [-0.25, -0.2) is 4.98 Å². The molecule has 0 amide bonds. The van der Waals surface area contributed by atoms with Gasteiger partial charge in [0.25, 0.3) is 5.88 Å². The maximum Gasteiger partial charge on any atom is 0.256 e. The van der Waals surface area contributed by atoms with Crippen molar-refractivity contribution in [2.24, 2.45) is 0 Å². The van der Waals surface area contributed by atoms with Crippen LogP contribution < -0.4 is 9.47 Å². The lowest BCUT2D eigenvalue weighted by Gasteiger charge is -2.07. The Labute approximate surface area is 93.4 Å². The van der Waals surface area contributed by atoms with E-state index in [4.69, 9.17) is 9.47 Å². The van der Waals surface area contributed by atoms with Crippen molar-refractivity contribution in [3.05, 3.63) is 17.8 Å². The van der Waals surface area contributed by atoms with Crippen LogP contribution in [0.3, 0.4) is 0 Å². The number of ether oxygens (including phenoxy) is 2. The highest BCUT2D eigenvalue weighted by atomic mass is 16.5. The molecule has 0 bridgehead atoms. The first kappa shape index (κ1) is 12.2. The molecule has 5 heteroatoms. The third kappa shape index (κ3) is 2.79. The summed E-state index contributed by atoms with van der Waals surface area (Å²) in [5.74, 6) is 0.592. The van der Waals surface area contributed by atoms with Gasteiger partial charge in [0.15, 0.2) is 11.5 Å². The van der Waals surface area contributed by atoms with E-state index in [1.807, 2.05) is 0 Å². The average molecular weight is 223 g/mol. The summed E-state index contributed by atoms with van der Waals surface area (Å²) in [7, 11) is 2.94. The molecule has 86 valence electrons. The molecule has 0 radical (unpaired) electrons. The van der Waals surface area contributed by atoms with E-state index in [0.717, 1.165) is 0 Å². The van der Waals surface area contributed by atoms with Crippen LogP contribution in [-0.2, 0) is 4.79 Å². The minimum atomic E-state index is -0.138. The summed E-state index contributed by atoms with van der Waals surface area (Å²) in [5, 5.41) is 0. The molecule has 0 N–H and O–H groups in total. The summed E-state index contributed by atoms with van der Waals surface area (Å²) in [5.41, 5.74) is 0.416. The lowest BCUT2D eigenvalue weighted by atomic mass is 10.1. The number of nitrogens with zero attached hydrogens (tertiary/aromatic N) is 1. The monoisotopic (exact) mass is 223 g/mol. The first-order chi connectivity index (χ1) is 7.72. The van der Waals surface area contributed by atoms with E-state index in [1.54, 1.807) is 6.07 Å². The molecule has 0 atom stereocenters. The van der Waals surface area contributed by atoms with Crippen molar-refractivity contribution in [1.29, 1.82) is 0 Å². The molecular weight excluding hydrogens is 210 g/mol. The largest absolute Gasteiger partial charge is 0.491 e. The van der Waals surface area contributed by atoms with Gasteiger partial charge in [0.05, 0.1) is 14.2 Å². The number of hydrogen-bond acceptors (Lipinski definition) is 5. The van der Waals surface area contributed by atoms with E-state index < -0.39 is 0 Å². The molecule has 1 aromatic heterocycles. The smallest absolute Gasteiger partial charge is 0.256 e. The maximum absolute atomic E-state index is 11.6. The van der Waals surface area contributed by atoms with Crippen LogP contribution in [0.4, 0.5) is 0 Å². The highest BCUT2D eigenvalue weighted by Crippen LogP contribution is 2.24. The summed E-state index contributed by atoms with van der Waals surface area (Å²) in [6.07, 6.45) is 2.52. The topological polar surface area (TPSA) is 65.5 Å².